The second-order valence-corrected chi connectivity index (χ2v) is 6.97. The first-order valence-corrected chi connectivity index (χ1v) is 9.06. The molecule has 1 saturated heterocycles. The number of benzene rings is 1. The molecule has 138 valence electrons. The molecule has 2 fully saturated rings. The number of nitrogen functional groups attached to an aromatic ring is 1. The molecule has 25 heavy (non-hydrogen) atoms. The lowest BCUT2D eigenvalue weighted by Gasteiger charge is -2.23. The number of carbonyl (C=O) groups is 2. The summed E-state index contributed by atoms with van der Waals surface area (Å²) >= 11 is 0. The fraction of sp³-hybridized carbons (Fsp3) is 0.579. The van der Waals surface area contributed by atoms with E-state index in [4.69, 9.17) is 5.73 Å². The molecule has 0 bridgehead atoms. The van der Waals surface area contributed by atoms with Crippen molar-refractivity contribution < 1.29 is 9.59 Å². The average molecular weight is 366 g/mol. The van der Waals surface area contributed by atoms with Gasteiger partial charge in [-0.1, -0.05) is 25.0 Å². The fourth-order valence-electron chi connectivity index (χ4n) is 3.82. The highest BCUT2D eigenvalue weighted by atomic mass is 35.5. The van der Waals surface area contributed by atoms with Gasteiger partial charge in [-0.2, -0.15) is 0 Å². The Bertz CT molecular complexity index is 602. The number of nitrogens with two attached hydrogens (primary N) is 1. The summed E-state index contributed by atoms with van der Waals surface area (Å²) in [6, 6.07) is 7.19. The Kier molecular flexibility index (Phi) is 7.12. The lowest BCUT2D eigenvalue weighted by Crippen LogP contribution is -2.38. The van der Waals surface area contributed by atoms with Crippen LogP contribution in [0, 0.1) is 5.92 Å². The summed E-state index contributed by atoms with van der Waals surface area (Å²) in [6.45, 7) is 2.65. The summed E-state index contributed by atoms with van der Waals surface area (Å²) in [6.07, 6.45) is 6.42. The van der Waals surface area contributed by atoms with E-state index in [-0.39, 0.29) is 24.2 Å². The van der Waals surface area contributed by atoms with Crippen LogP contribution in [0.4, 0.5) is 5.69 Å². The topological polar surface area (TPSA) is 66.6 Å². The lowest BCUT2D eigenvalue weighted by atomic mass is 10.0. The summed E-state index contributed by atoms with van der Waals surface area (Å²) in [5, 5.41) is 0. The number of carbonyl (C=O) groups excluding carboxylic acids is 2. The number of anilines is 1. The highest BCUT2D eigenvalue weighted by Gasteiger charge is 2.26. The first kappa shape index (κ1) is 19.6. The van der Waals surface area contributed by atoms with Crippen LogP contribution in [0.1, 0.15) is 48.9 Å². The molecule has 1 heterocycles. The normalized spacial score (nSPS) is 18.6. The number of nitrogens with zero attached hydrogens (tertiary/aromatic N) is 2. The molecule has 2 aliphatic rings. The Morgan fingerprint density at radius 2 is 1.60 bits per heavy atom. The smallest absolute Gasteiger partial charge is 0.256 e. The second kappa shape index (κ2) is 9.09. The van der Waals surface area contributed by atoms with Gasteiger partial charge in [0.25, 0.3) is 5.91 Å². The molecule has 2 N–H and O–H groups in total. The van der Waals surface area contributed by atoms with Crippen molar-refractivity contribution in [1.82, 2.24) is 9.80 Å². The molecule has 2 amide bonds. The lowest BCUT2D eigenvalue weighted by molar-refractivity contribution is -0.132. The third kappa shape index (κ3) is 4.88. The van der Waals surface area contributed by atoms with Gasteiger partial charge < -0.3 is 15.5 Å². The van der Waals surface area contributed by atoms with Crippen molar-refractivity contribution in [2.24, 2.45) is 5.92 Å². The number of hydrogen-bond donors (Lipinski definition) is 1. The molecule has 0 unspecified atom stereocenters. The Hall–Kier alpha value is -1.75. The van der Waals surface area contributed by atoms with Crippen LogP contribution in [0.3, 0.4) is 0 Å². The van der Waals surface area contributed by atoms with Gasteiger partial charge in [0.1, 0.15) is 0 Å². The van der Waals surface area contributed by atoms with Crippen LogP contribution in [0.25, 0.3) is 0 Å². The van der Waals surface area contributed by atoms with Gasteiger partial charge in [0.15, 0.2) is 0 Å². The minimum absolute atomic E-state index is 0. The highest BCUT2D eigenvalue weighted by molar-refractivity contribution is 5.99. The SMILES string of the molecule is Cl.Nc1ccccc1C(=O)N1CCCN(C(=O)CC2CCCC2)CC1. The van der Waals surface area contributed by atoms with Crippen molar-refractivity contribution in [3.05, 3.63) is 29.8 Å². The molecule has 1 aromatic carbocycles. The van der Waals surface area contributed by atoms with Gasteiger partial charge in [0.2, 0.25) is 5.91 Å². The van der Waals surface area contributed by atoms with Gasteiger partial charge in [0, 0.05) is 38.3 Å². The molecule has 3 rings (SSSR count). The molecule has 5 nitrogen and oxygen atoms in total. The average Bonchev–Trinajstić information content (AvgIpc) is 2.96. The van der Waals surface area contributed by atoms with Crippen LogP contribution in [-0.4, -0.2) is 47.8 Å². The van der Waals surface area contributed by atoms with Crippen molar-refractivity contribution in [2.75, 3.05) is 31.9 Å². The van der Waals surface area contributed by atoms with E-state index >= 15 is 0 Å². The van der Waals surface area contributed by atoms with E-state index in [0.717, 1.165) is 13.0 Å². The van der Waals surface area contributed by atoms with Gasteiger partial charge in [-0.3, -0.25) is 9.59 Å². The van der Waals surface area contributed by atoms with Gasteiger partial charge in [-0.05, 0) is 37.3 Å². The maximum atomic E-state index is 12.7. The van der Waals surface area contributed by atoms with E-state index in [2.05, 4.69) is 0 Å². The Labute approximate surface area is 155 Å². The molecule has 0 atom stereocenters. The van der Waals surface area contributed by atoms with Crippen LogP contribution in [0.2, 0.25) is 0 Å². The molecule has 6 heteroatoms. The van der Waals surface area contributed by atoms with Crippen LogP contribution in [-0.2, 0) is 4.79 Å². The zero-order valence-electron chi connectivity index (χ0n) is 14.7. The second-order valence-electron chi connectivity index (χ2n) is 6.97. The van der Waals surface area contributed by atoms with Crippen LogP contribution in [0.5, 0.6) is 0 Å². The first-order valence-electron chi connectivity index (χ1n) is 9.06. The van der Waals surface area contributed by atoms with E-state index < -0.39 is 0 Å². The summed E-state index contributed by atoms with van der Waals surface area (Å²) < 4.78 is 0. The van der Waals surface area contributed by atoms with Gasteiger partial charge in [0.05, 0.1) is 5.56 Å². The number of rotatable bonds is 3. The van der Waals surface area contributed by atoms with Crippen LogP contribution < -0.4 is 5.73 Å². The highest BCUT2D eigenvalue weighted by Crippen LogP contribution is 2.28. The standard InChI is InChI=1S/C19H27N3O2.ClH/c20-17-9-4-3-8-16(17)19(24)22-11-5-10-21(12-13-22)18(23)14-15-6-1-2-7-15;/h3-4,8-9,15H,1-2,5-7,10-14,20H2;1H. The Balaban J connectivity index is 0.00000225. The molecule has 0 aromatic heterocycles. The predicted octanol–water partition coefficient (Wildman–Crippen LogP) is 2.95. The predicted molar refractivity (Wildman–Crippen MR) is 102 cm³/mol. The molecule has 0 radical (unpaired) electrons. The quantitative estimate of drug-likeness (QED) is 0.837. The van der Waals surface area contributed by atoms with E-state index in [1.54, 1.807) is 12.1 Å². The summed E-state index contributed by atoms with van der Waals surface area (Å²) in [4.78, 5) is 29.0. The van der Waals surface area contributed by atoms with Crippen molar-refractivity contribution >= 4 is 29.9 Å². The van der Waals surface area contributed by atoms with E-state index in [1.165, 1.54) is 25.7 Å². The number of amides is 2. The Morgan fingerprint density at radius 3 is 2.32 bits per heavy atom. The number of hydrogen-bond acceptors (Lipinski definition) is 3. The third-order valence-corrected chi connectivity index (χ3v) is 5.27. The van der Waals surface area contributed by atoms with Gasteiger partial charge in [-0.25, -0.2) is 0 Å². The minimum Gasteiger partial charge on any atom is -0.398 e. The van der Waals surface area contributed by atoms with Crippen LogP contribution in [0.15, 0.2) is 24.3 Å². The molecular weight excluding hydrogens is 338 g/mol. The van der Waals surface area contributed by atoms with Gasteiger partial charge >= 0.3 is 0 Å². The zero-order chi connectivity index (χ0) is 16.9. The third-order valence-electron chi connectivity index (χ3n) is 5.27. The molecule has 1 saturated carbocycles. The molecule has 1 aromatic rings. The van der Waals surface area contributed by atoms with Crippen LogP contribution >= 0.6 is 12.4 Å². The summed E-state index contributed by atoms with van der Waals surface area (Å²) in [5.41, 5.74) is 7.00. The van der Waals surface area contributed by atoms with Crippen molar-refractivity contribution in [3.8, 4) is 0 Å². The van der Waals surface area contributed by atoms with E-state index in [9.17, 15) is 9.59 Å². The number of para-hydroxylation sites is 1. The van der Waals surface area contributed by atoms with Crippen molar-refractivity contribution in [2.45, 2.75) is 38.5 Å². The van der Waals surface area contributed by atoms with Gasteiger partial charge in [-0.15, -0.1) is 12.4 Å². The molecule has 1 aliphatic heterocycles. The number of halogens is 1. The fourth-order valence-corrected chi connectivity index (χ4v) is 3.82. The maximum absolute atomic E-state index is 12.7. The first-order chi connectivity index (χ1) is 11.6. The molecule has 1 aliphatic carbocycles. The summed E-state index contributed by atoms with van der Waals surface area (Å²) in [7, 11) is 0. The van der Waals surface area contributed by atoms with E-state index in [1.807, 2.05) is 21.9 Å². The Morgan fingerprint density at radius 1 is 0.960 bits per heavy atom. The zero-order valence-corrected chi connectivity index (χ0v) is 15.5. The minimum atomic E-state index is -0.0295. The monoisotopic (exact) mass is 365 g/mol. The maximum Gasteiger partial charge on any atom is 0.256 e. The van der Waals surface area contributed by atoms with Crippen molar-refractivity contribution in [3.63, 3.8) is 0 Å². The largest absolute Gasteiger partial charge is 0.398 e. The van der Waals surface area contributed by atoms with Crippen molar-refractivity contribution in [1.29, 1.82) is 0 Å². The summed E-state index contributed by atoms with van der Waals surface area (Å²) in [5.74, 6) is 0.802. The molecule has 0 spiro atoms. The molecular formula is C19H28ClN3O2. The van der Waals surface area contributed by atoms with E-state index in [0.29, 0.717) is 43.2 Å².